The number of hydrogen-bond acceptors (Lipinski definition) is 4. The van der Waals surface area contributed by atoms with E-state index in [2.05, 4.69) is 11.8 Å². The SMILES string of the molecule is CCOC1(N2CCC(N)C2)CCOCC1. The van der Waals surface area contributed by atoms with Crippen LogP contribution in [0.3, 0.4) is 0 Å². The Morgan fingerprint density at radius 2 is 2.20 bits per heavy atom. The van der Waals surface area contributed by atoms with Crippen molar-refractivity contribution in [3.8, 4) is 0 Å². The van der Waals surface area contributed by atoms with Gasteiger partial charge in [-0.15, -0.1) is 0 Å². The molecule has 2 heterocycles. The first-order valence-electron chi connectivity index (χ1n) is 5.99. The molecule has 0 bridgehead atoms. The first-order chi connectivity index (χ1) is 7.27. The van der Waals surface area contributed by atoms with Crippen LogP contribution in [0, 0.1) is 0 Å². The molecule has 1 atom stereocenters. The van der Waals surface area contributed by atoms with E-state index in [4.69, 9.17) is 15.2 Å². The molecule has 0 amide bonds. The average molecular weight is 214 g/mol. The monoisotopic (exact) mass is 214 g/mol. The van der Waals surface area contributed by atoms with E-state index in [9.17, 15) is 0 Å². The van der Waals surface area contributed by atoms with Gasteiger partial charge in [-0.25, -0.2) is 0 Å². The minimum absolute atomic E-state index is 0.0822. The van der Waals surface area contributed by atoms with Crippen molar-refractivity contribution >= 4 is 0 Å². The molecule has 15 heavy (non-hydrogen) atoms. The zero-order valence-electron chi connectivity index (χ0n) is 9.58. The molecule has 4 nitrogen and oxygen atoms in total. The minimum atomic E-state index is -0.0822. The third kappa shape index (κ3) is 2.33. The van der Waals surface area contributed by atoms with Crippen molar-refractivity contribution in [2.24, 2.45) is 5.73 Å². The zero-order valence-corrected chi connectivity index (χ0v) is 9.58. The Balaban J connectivity index is 2.03. The molecule has 1 unspecified atom stereocenters. The summed E-state index contributed by atoms with van der Waals surface area (Å²) < 4.78 is 11.4. The predicted molar refractivity (Wildman–Crippen MR) is 58.6 cm³/mol. The lowest BCUT2D eigenvalue weighted by atomic mass is 10.0. The maximum absolute atomic E-state index is 5.99. The van der Waals surface area contributed by atoms with Crippen molar-refractivity contribution in [1.82, 2.24) is 4.90 Å². The lowest BCUT2D eigenvalue weighted by Gasteiger charge is -2.44. The van der Waals surface area contributed by atoms with E-state index >= 15 is 0 Å². The molecule has 4 heteroatoms. The molecule has 0 aliphatic carbocycles. The van der Waals surface area contributed by atoms with Crippen molar-refractivity contribution in [2.75, 3.05) is 32.9 Å². The highest BCUT2D eigenvalue weighted by Gasteiger charge is 2.41. The van der Waals surface area contributed by atoms with Crippen LogP contribution in [-0.4, -0.2) is 49.6 Å². The van der Waals surface area contributed by atoms with E-state index < -0.39 is 0 Å². The van der Waals surface area contributed by atoms with Gasteiger partial charge in [0.15, 0.2) is 0 Å². The Labute approximate surface area is 91.7 Å². The van der Waals surface area contributed by atoms with Gasteiger partial charge < -0.3 is 15.2 Å². The predicted octanol–water partition coefficient (Wildman–Crippen LogP) is 0.563. The van der Waals surface area contributed by atoms with Gasteiger partial charge in [0.1, 0.15) is 5.72 Å². The quantitative estimate of drug-likeness (QED) is 0.746. The molecular weight excluding hydrogens is 192 g/mol. The molecule has 2 N–H and O–H groups in total. The fraction of sp³-hybridized carbons (Fsp3) is 1.00. The van der Waals surface area contributed by atoms with Gasteiger partial charge in [-0.1, -0.05) is 0 Å². The lowest BCUT2D eigenvalue weighted by molar-refractivity contribution is -0.190. The highest BCUT2D eigenvalue weighted by Crippen LogP contribution is 2.31. The molecule has 0 aromatic heterocycles. The van der Waals surface area contributed by atoms with Crippen LogP contribution in [0.1, 0.15) is 26.2 Å². The largest absolute Gasteiger partial charge is 0.381 e. The maximum Gasteiger partial charge on any atom is 0.126 e. The molecule has 2 aliphatic rings. The minimum Gasteiger partial charge on any atom is -0.381 e. The normalized spacial score (nSPS) is 32.0. The van der Waals surface area contributed by atoms with Crippen LogP contribution in [0.15, 0.2) is 0 Å². The topological polar surface area (TPSA) is 47.7 Å². The standard InChI is InChI=1S/C11H22N2O2/c1-2-15-11(4-7-14-8-5-11)13-6-3-10(12)9-13/h10H,2-9,12H2,1H3. The van der Waals surface area contributed by atoms with Crippen LogP contribution in [0.4, 0.5) is 0 Å². The summed E-state index contributed by atoms with van der Waals surface area (Å²) in [7, 11) is 0. The first kappa shape index (κ1) is 11.3. The Kier molecular flexibility index (Phi) is 3.61. The summed E-state index contributed by atoms with van der Waals surface area (Å²) >= 11 is 0. The Morgan fingerprint density at radius 3 is 2.73 bits per heavy atom. The van der Waals surface area contributed by atoms with Gasteiger partial charge in [0.25, 0.3) is 0 Å². The lowest BCUT2D eigenvalue weighted by Crippen LogP contribution is -2.53. The second kappa shape index (κ2) is 4.78. The van der Waals surface area contributed by atoms with Crippen molar-refractivity contribution in [3.05, 3.63) is 0 Å². The van der Waals surface area contributed by atoms with Crippen LogP contribution >= 0.6 is 0 Å². The van der Waals surface area contributed by atoms with E-state index in [1.54, 1.807) is 0 Å². The van der Waals surface area contributed by atoms with Gasteiger partial charge in [0.2, 0.25) is 0 Å². The van der Waals surface area contributed by atoms with Gasteiger partial charge in [-0.3, -0.25) is 4.90 Å². The Bertz CT molecular complexity index is 199. The average Bonchev–Trinajstić information content (AvgIpc) is 2.67. The van der Waals surface area contributed by atoms with Gasteiger partial charge in [-0.2, -0.15) is 0 Å². The van der Waals surface area contributed by atoms with Gasteiger partial charge in [0, 0.05) is 38.6 Å². The van der Waals surface area contributed by atoms with E-state index in [1.165, 1.54) is 0 Å². The molecule has 2 aliphatic heterocycles. The molecule has 0 radical (unpaired) electrons. The van der Waals surface area contributed by atoms with E-state index in [-0.39, 0.29) is 5.72 Å². The van der Waals surface area contributed by atoms with Crippen molar-refractivity contribution in [1.29, 1.82) is 0 Å². The summed E-state index contributed by atoms with van der Waals surface area (Å²) in [6.45, 7) is 6.50. The molecule has 2 rings (SSSR count). The fourth-order valence-electron chi connectivity index (χ4n) is 2.67. The third-order valence-corrected chi connectivity index (χ3v) is 3.49. The molecule has 0 aromatic carbocycles. The summed E-state index contributed by atoms with van der Waals surface area (Å²) in [6, 6.07) is 0.324. The number of ether oxygens (including phenoxy) is 2. The fourth-order valence-corrected chi connectivity index (χ4v) is 2.67. The van der Waals surface area contributed by atoms with Crippen LogP contribution < -0.4 is 5.73 Å². The van der Waals surface area contributed by atoms with Gasteiger partial charge in [0.05, 0.1) is 13.2 Å². The van der Waals surface area contributed by atoms with Crippen molar-refractivity contribution < 1.29 is 9.47 Å². The van der Waals surface area contributed by atoms with E-state index in [0.717, 1.165) is 52.2 Å². The molecular formula is C11H22N2O2. The molecule has 88 valence electrons. The second-order valence-electron chi connectivity index (χ2n) is 4.49. The summed E-state index contributed by atoms with van der Waals surface area (Å²) in [6.07, 6.45) is 3.05. The third-order valence-electron chi connectivity index (χ3n) is 3.49. The van der Waals surface area contributed by atoms with Crippen LogP contribution in [0.25, 0.3) is 0 Å². The Hall–Kier alpha value is -0.160. The maximum atomic E-state index is 5.99. The summed E-state index contributed by atoms with van der Waals surface area (Å²) in [4.78, 5) is 2.42. The number of hydrogen-bond donors (Lipinski definition) is 1. The van der Waals surface area contributed by atoms with Gasteiger partial charge in [-0.05, 0) is 13.3 Å². The number of nitrogens with two attached hydrogens (primary N) is 1. The van der Waals surface area contributed by atoms with Crippen LogP contribution in [-0.2, 0) is 9.47 Å². The Morgan fingerprint density at radius 1 is 1.47 bits per heavy atom. The highest BCUT2D eigenvalue weighted by molar-refractivity contribution is 4.90. The number of rotatable bonds is 3. The molecule has 2 saturated heterocycles. The summed E-state index contributed by atoms with van der Waals surface area (Å²) in [5.41, 5.74) is 5.88. The number of nitrogens with zero attached hydrogens (tertiary/aromatic N) is 1. The van der Waals surface area contributed by atoms with E-state index in [0.29, 0.717) is 6.04 Å². The van der Waals surface area contributed by atoms with Crippen molar-refractivity contribution in [3.63, 3.8) is 0 Å². The van der Waals surface area contributed by atoms with Crippen molar-refractivity contribution in [2.45, 2.75) is 38.0 Å². The summed E-state index contributed by atoms with van der Waals surface area (Å²) in [5, 5.41) is 0. The highest BCUT2D eigenvalue weighted by atomic mass is 16.5. The van der Waals surface area contributed by atoms with E-state index in [1.807, 2.05) is 0 Å². The molecule has 0 spiro atoms. The van der Waals surface area contributed by atoms with Crippen LogP contribution in [0.5, 0.6) is 0 Å². The molecule has 0 saturated carbocycles. The molecule has 0 aromatic rings. The van der Waals surface area contributed by atoms with Gasteiger partial charge >= 0.3 is 0 Å². The van der Waals surface area contributed by atoms with Crippen LogP contribution in [0.2, 0.25) is 0 Å². The number of likely N-dealkylation sites (tertiary alicyclic amines) is 1. The molecule has 2 fully saturated rings. The smallest absolute Gasteiger partial charge is 0.126 e. The summed E-state index contributed by atoms with van der Waals surface area (Å²) in [5.74, 6) is 0. The second-order valence-corrected chi connectivity index (χ2v) is 4.49. The zero-order chi connectivity index (χ0) is 10.7. The first-order valence-corrected chi connectivity index (χ1v) is 5.99.